The molecule has 2 aromatic heterocycles. The van der Waals surface area contributed by atoms with Crippen LogP contribution in [0.5, 0.6) is 0 Å². The van der Waals surface area contributed by atoms with Crippen molar-refractivity contribution < 1.29 is 0 Å². The molecule has 1 aliphatic rings. The zero-order chi connectivity index (χ0) is 17.1. The lowest BCUT2D eigenvalue weighted by molar-refractivity contribution is 0.152. The number of rotatable bonds is 4. The van der Waals surface area contributed by atoms with Crippen molar-refractivity contribution in [1.82, 2.24) is 25.2 Å². The largest absolute Gasteiger partial charge is 0.314 e. The van der Waals surface area contributed by atoms with Gasteiger partial charge in [0.15, 0.2) is 10.8 Å². The molecule has 3 heterocycles. The van der Waals surface area contributed by atoms with Gasteiger partial charge in [-0.15, -0.1) is 36.2 Å². The van der Waals surface area contributed by atoms with Gasteiger partial charge in [-0.05, 0) is 17.7 Å². The minimum absolute atomic E-state index is 0. The topological polar surface area (TPSA) is 53.9 Å². The van der Waals surface area contributed by atoms with Gasteiger partial charge in [-0.25, -0.2) is 15.0 Å². The maximum atomic E-state index is 6.43. The summed E-state index contributed by atoms with van der Waals surface area (Å²) in [6.45, 7) is 3.62. The fourth-order valence-electron chi connectivity index (χ4n) is 3.09. The second-order valence-electron chi connectivity index (χ2n) is 5.93. The molecule has 1 fully saturated rings. The first-order valence-corrected chi connectivity index (χ1v) is 9.48. The van der Waals surface area contributed by atoms with E-state index in [-0.39, 0.29) is 30.9 Å². The lowest BCUT2D eigenvalue weighted by Gasteiger charge is -2.36. The number of hydrogen-bond acceptors (Lipinski definition) is 6. The van der Waals surface area contributed by atoms with E-state index in [1.54, 1.807) is 23.7 Å². The van der Waals surface area contributed by atoms with E-state index in [0.717, 1.165) is 41.9 Å². The van der Waals surface area contributed by atoms with E-state index in [1.807, 2.05) is 24.3 Å². The molecular weight excluding hydrogens is 425 g/mol. The number of piperazine rings is 1. The summed E-state index contributed by atoms with van der Waals surface area (Å²) >= 11 is 8.01. The molecule has 144 valence electrons. The molecule has 1 unspecified atom stereocenters. The SMILES string of the molecule is Cl.Cl.Clc1ccccc1C1CNCCN1Cc1csc(-c2ncccn2)n1. The zero-order valence-electron chi connectivity index (χ0n) is 14.4. The average Bonchev–Trinajstić information content (AvgIpc) is 3.12. The summed E-state index contributed by atoms with van der Waals surface area (Å²) in [5.41, 5.74) is 2.21. The number of aromatic nitrogens is 3. The molecule has 4 rings (SSSR count). The summed E-state index contributed by atoms with van der Waals surface area (Å²) in [6, 6.07) is 10.1. The Hall–Kier alpha value is -1.28. The van der Waals surface area contributed by atoms with Crippen molar-refractivity contribution in [3.63, 3.8) is 0 Å². The zero-order valence-corrected chi connectivity index (χ0v) is 17.6. The Morgan fingerprint density at radius 3 is 2.70 bits per heavy atom. The third-order valence-electron chi connectivity index (χ3n) is 4.29. The van der Waals surface area contributed by atoms with E-state index >= 15 is 0 Å². The second kappa shape index (κ2) is 10.3. The van der Waals surface area contributed by atoms with Gasteiger partial charge in [0.25, 0.3) is 0 Å². The summed E-state index contributed by atoms with van der Waals surface area (Å²) in [5, 5.41) is 7.24. The number of thiazole rings is 1. The molecule has 0 bridgehead atoms. The average molecular weight is 445 g/mol. The predicted octanol–water partition coefficient (Wildman–Crippen LogP) is 4.24. The van der Waals surface area contributed by atoms with E-state index in [4.69, 9.17) is 16.6 Å². The smallest absolute Gasteiger partial charge is 0.188 e. The lowest BCUT2D eigenvalue weighted by Crippen LogP contribution is -2.45. The van der Waals surface area contributed by atoms with Crippen molar-refractivity contribution in [1.29, 1.82) is 0 Å². The van der Waals surface area contributed by atoms with Crippen LogP contribution in [0.2, 0.25) is 5.02 Å². The van der Waals surface area contributed by atoms with Gasteiger partial charge in [0.1, 0.15) is 0 Å². The van der Waals surface area contributed by atoms with Crippen LogP contribution in [0, 0.1) is 0 Å². The molecule has 0 radical (unpaired) electrons. The van der Waals surface area contributed by atoms with Gasteiger partial charge in [-0.2, -0.15) is 0 Å². The van der Waals surface area contributed by atoms with Gasteiger partial charge in [-0.1, -0.05) is 29.8 Å². The van der Waals surface area contributed by atoms with Gasteiger partial charge < -0.3 is 5.32 Å². The van der Waals surface area contributed by atoms with Crippen LogP contribution in [-0.4, -0.2) is 39.5 Å². The molecule has 9 heteroatoms. The van der Waals surface area contributed by atoms with Crippen molar-refractivity contribution in [2.24, 2.45) is 0 Å². The van der Waals surface area contributed by atoms with Crippen molar-refractivity contribution in [2.75, 3.05) is 19.6 Å². The van der Waals surface area contributed by atoms with Crippen LogP contribution in [0.1, 0.15) is 17.3 Å². The first-order chi connectivity index (χ1) is 12.3. The summed E-state index contributed by atoms with van der Waals surface area (Å²) in [4.78, 5) is 15.7. The molecule has 1 aromatic carbocycles. The highest BCUT2D eigenvalue weighted by Crippen LogP contribution is 2.30. The fourth-order valence-corrected chi connectivity index (χ4v) is 4.10. The van der Waals surface area contributed by atoms with Crippen LogP contribution in [0.15, 0.2) is 48.1 Å². The fraction of sp³-hybridized carbons (Fsp3) is 0.278. The Kier molecular flexibility index (Phi) is 8.41. The van der Waals surface area contributed by atoms with Crippen LogP contribution in [0.3, 0.4) is 0 Å². The molecule has 1 aliphatic heterocycles. The maximum Gasteiger partial charge on any atom is 0.188 e. The number of nitrogens with one attached hydrogen (secondary N) is 1. The van der Waals surface area contributed by atoms with E-state index in [1.165, 1.54) is 5.56 Å². The van der Waals surface area contributed by atoms with Gasteiger partial charge in [0, 0.05) is 55.0 Å². The molecule has 1 atom stereocenters. The van der Waals surface area contributed by atoms with Gasteiger partial charge in [0.05, 0.1) is 5.69 Å². The number of benzene rings is 1. The maximum absolute atomic E-state index is 6.43. The Morgan fingerprint density at radius 1 is 1.15 bits per heavy atom. The van der Waals surface area contributed by atoms with Gasteiger partial charge in [0.2, 0.25) is 0 Å². The first kappa shape index (κ1) is 22.0. The van der Waals surface area contributed by atoms with Crippen molar-refractivity contribution in [3.8, 4) is 10.8 Å². The third-order valence-corrected chi connectivity index (χ3v) is 5.52. The molecule has 1 saturated heterocycles. The molecule has 0 spiro atoms. The summed E-state index contributed by atoms with van der Waals surface area (Å²) in [7, 11) is 0. The Morgan fingerprint density at radius 2 is 1.93 bits per heavy atom. The minimum atomic E-state index is 0. The predicted molar refractivity (Wildman–Crippen MR) is 115 cm³/mol. The van der Waals surface area contributed by atoms with E-state index in [2.05, 4.69) is 31.6 Å². The highest BCUT2D eigenvalue weighted by molar-refractivity contribution is 7.13. The summed E-state index contributed by atoms with van der Waals surface area (Å²) in [6.07, 6.45) is 3.49. The second-order valence-corrected chi connectivity index (χ2v) is 7.19. The molecule has 0 amide bonds. The Labute approximate surface area is 180 Å². The highest BCUT2D eigenvalue weighted by Gasteiger charge is 2.26. The Bertz CT molecular complexity index is 846. The summed E-state index contributed by atoms with van der Waals surface area (Å²) in [5.74, 6) is 0.682. The molecule has 1 N–H and O–H groups in total. The third kappa shape index (κ3) is 5.16. The molecule has 27 heavy (non-hydrogen) atoms. The first-order valence-electron chi connectivity index (χ1n) is 8.22. The molecule has 0 aliphatic carbocycles. The van der Waals surface area contributed by atoms with E-state index < -0.39 is 0 Å². The normalized spacial score (nSPS) is 17.0. The van der Waals surface area contributed by atoms with Crippen LogP contribution < -0.4 is 5.32 Å². The number of hydrogen-bond donors (Lipinski definition) is 1. The minimum Gasteiger partial charge on any atom is -0.314 e. The van der Waals surface area contributed by atoms with Crippen LogP contribution in [-0.2, 0) is 6.54 Å². The monoisotopic (exact) mass is 443 g/mol. The number of nitrogens with zero attached hydrogens (tertiary/aromatic N) is 4. The van der Waals surface area contributed by atoms with E-state index in [0.29, 0.717) is 5.82 Å². The van der Waals surface area contributed by atoms with Crippen molar-refractivity contribution in [3.05, 3.63) is 64.4 Å². The Balaban J connectivity index is 0.00000131. The van der Waals surface area contributed by atoms with Gasteiger partial charge in [-0.3, -0.25) is 4.90 Å². The molecule has 5 nitrogen and oxygen atoms in total. The number of halogens is 3. The highest BCUT2D eigenvalue weighted by atomic mass is 35.5. The van der Waals surface area contributed by atoms with Crippen LogP contribution >= 0.6 is 47.8 Å². The quantitative estimate of drug-likeness (QED) is 0.652. The van der Waals surface area contributed by atoms with Gasteiger partial charge >= 0.3 is 0 Å². The van der Waals surface area contributed by atoms with E-state index in [9.17, 15) is 0 Å². The van der Waals surface area contributed by atoms with Crippen LogP contribution in [0.4, 0.5) is 0 Å². The van der Waals surface area contributed by atoms with Crippen LogP contribution in [0.25, 0.3) is 10.8 Å². The van der Waals surface area contributed by atoms with Crippen molar-refractivity contribution in [2.45, 2.75) is 12.6 Å². The molecule has 0 saturated carbocycles. The summed E-state index contributed by atoms with van der Waals surface area (Å²) < 4.78 is 0. The standard InChI is InChI=1S/C18H18ClN5S.2ClH/c19-15-5-2-1-4-14(15)16-10-20-8-9-24(16)11-13-12-25-18(23-13)17-21-6-3-7-22-17;;/h1-7,12,16,20H,8-11H2;2*1H. The molecular formula is C18H20Cl3N5S. The van der Waals surface area contributed by atoms with Crippen molar-refractivity contribution >= 4 is 47.8 Å². The molecule has 3 aromatic rings. The lowest BCUT2D eigenvalue weighted by atomic mass is 10.0.